The van der Waals surface area contributed by atoms with E-state index in [1.165, 1.54) is 31.2 Å². The van der Waals surface area contributed by atoms with Crippen molar-refractivity contribution < 1.29 is 18.4 Å². The summed E-state index contributed by atoms with van der Waals surface area (Å²) in [5.41, 5.74) is 0.546. The van der Waals surface area contributed by atoms with Gasteiger partial charge in [0.25, 0.3) is 11.8 Å². The van der Waals surface area contributed by atoms with Crippen LogP contribution in [0.25, 0.3) is 0 Å². The molecule has 0 radical (unpaired) electrons. The Morgan fingerprint density at radius 1 is 1.35 bits per heavy atom. The van der Waals surface area contributed by atoms with E-state index < -0.39 is 23.2 Å². The number of ether oxygens (including phenoxy) is 1. The minimum absolute atomic E-state index is 0.0325. The number of hydrogen-bond acceptors (Lipinski definition) is 3. The average molecular weight is 241 g/mol. The third kappa shape index (κ3) is 2.31. The monoisotopic (exact) mass is 241 g/mol. The highest BCUT2D eigenvalue weighted by Gasteiger charge is 2.43. The number of halogens is 2. The van der Waals surface area contributed by atoms with Crippen molar-refractivity contribution in [2.75, 3.05) is 0 Å². The Labute approximate surface area is 95.7 Å². The minimum atomic E-state index is -1.74. The van der Waals surface area contributed by atoms with Crippen molar-refractivity contribution >= 4 is 5.69 Å². The summed E-state index contributed by atoms with van der Waals surface area (Å²) in [6, 6.07) is 5.70. The first kappa shape index (κ1) is 11.7. The van der Waals surface area contributed by atoms with Crippen LogP contribution in [0.2, 0.25) is 0 Å². The second-order valence-electron chi connectivity index (χ2n) is 3.77. The van der Waals surface area contributed by atoms with Crippen LogP contribution < -0.4 is 0 Å². The first-order valence-corrected chi connectivity index (χ1v) is 4.92. The molecule has 17 heavy (non-hydrogen) atoms. The Balaban J connectivity index is 2.12. The van der Waals surface area contributed by atoms with E-state index in [9.17, 15) is 18.9 Å². The Morgan fingerprint density at radius 2 is 1.94 bits per heavy atom. The number of non-ortho nitro benzene ring substituents is 1. The Hall–Kier alpha value is -1.82. The van der Waals surface area contributed by atoms with Gasteiger partial charge < -0.3 is 4.74 Å². The second-order valence-corrected chi connectivity index (χ2v) is 3.77. The molecule has 4 nitrogen and oxygen atoms in total. The van der Waals surface area contributed by atoms with Crippen LogP contribution in [0.5, 0.6) is 0 Å². The molecule has 0 spiro atoms. The SMILES string of the molecule is CC(=C(F)F)C1OC1c1ccc([N+](=O)[O-])cc1. The molecule has 90 valence electrons. The van der Waals surface area contributed by atoms with Gasteiger partial charge in [-0.2, -0.15) is 8.78 Å². The van der Waals surface area contributed by atoms with Crippen molar-refractivity contribution in [1.82, 2.24) is 0 Å². The number of rotatable bonds is 3. The van der Waals surface area contributed by atoms with Crippen LogP contribution in [0, 0.1) is 10.1 Å². The lowest BCUT2D eigenvalue weighted by Gasteiger charge is -1.96. The molecule has 1 aliphatic rings. The highest BCUT2D eigenvalue weighted by atomic mass is 19.3. The maximum absolute atomic E-state index is 12.3. The normalized spacial score (nSPS) is 22.1. The van der Waals surface area contributed by atoms with E-state index in [-0.39, 0.29) is 11.3 Å². The maximum atomic E-state index is 12.3. The van der Waals surface area contributed by atoms with Crippen LogP contribution in [0.4, 0.5) is 14.5 Å². The number of nitro benzene ring substituents is 1. The van der Waals surface area contributed by atoms with Crippen molar-refractivity contribution in [3.05, 3.63) is 51.6 Å². The average Bonchev–Trinajstić information content (AvgIpc) is 3.08. The van der Waals surface area contributed by atoms with Crippen LogP contribution in [0.3, 0.4) is 0 Å². The van der Waals surface area contributed by atoms with Gasteiger partial charge in [0.2, 0.25) is 0 Å². The van der Waals surface area contributed by atoms with Gasteiger partial charge >= 0.3 is 0 Å². The standard InChI is InChI=1S/C11H9F2NO3/c1-6(11(12)13)9-10(17-9)7-2-4-8(5-3-7)14(15)16/h2-5,9-10H,1H3. The highest BCUT2D eigenvalue weighted by molar-refractivity contribution is 5.37. The molecule has 1 aromatic rings. The predicted molar refractivity (Wildman–Crippen MR) is 55.6 cm³/mol. The zero-order valence-electron chi connectivity index (χ0n) is 8.89. The van der Waals surface area contributed by atoms with Crippen molar-refractivity contribution in [2.24, 2.45) is 0 Å². The van der Waals surface area contributed by atoms with Gasteiger partial charge in [-0.25, -0.2) is 0 Å². The number of nitro groups is 1. The molecule has 0 saturated carbocycles. The first-order chi connectivity index (χ1) is 8.00. The van der Waals surface area contributed by atoms with E-state index in [0.717, 1.165) is 0 Å². The highest BCUT2D eigenvalue weighted by Crippen LogP contribution is 2.44. The molecular formula is C11H9F2NO3. The van der Waals surface area contributed by atoms with Gasteiger partial charge in [-0.15, -0.1) is 0 Å². The Kier molecular flexibility index (Phi) is 2.89. The fourth-order valence-electron chi connectivity index (χ4n) is 1.59. The third-order valence-corrected chi connectivity index (χ3v) is 2.65. The van der Waals surface area contributed by atoms with Crippen molar-refractivity contribution in [3.63, 3.8) is 0 Å². The summed E-state index contributed by atoms with van der Waals surface area (Å²) in [4.78, 5) is 9.91. The molecule has 1 aliphatic heterocycles. The molecule has 0 N–H and O–H groups in total. The van der Waals surface area contributed by atoms with Crippen LogP contribution >= 0.6 is 0 Å². The molecule has 1 heterocycles. The molecule has 2 atom stereocenters. The molecule has 1 fully saturated rings. The van der Waals surface area contributed by atoms with Crippen LogP contribution in [-0.4, -0.2) is 11.0 Å². The van der Waals surface area contributed by atoms with E-state index in [4.69, 9.17) is 4.74 Å². The fraction of sp³-hybridized carbons (Fsp3) is 0.273. The van der Waals surface area contributed by atoms with Gasteiger partial charge in [0, 0.05) is 17.7 Å². The molecule has 6 heteroatoms. The van der Waals surface area contributed by atoms with Gasteiger partial charge in [-0.05, 0) is 24.6 Å². The Bertz CT molecular complexity index is 480. The molecular weight excluding hydrogens is 232 g/mol. The number of benzene rings is 1. The zero-order valence-corrected chi connectivity index (χ0v) is 8.89. The summed E-state index contributed by atoms with van der Waals surface area (Å²) < 4.78 is 29.7. The topological polar surface area (TPSA) is 55.7 Å². The molecule has 0 aromatic heterocycles. The van der Waals surface area contributed by atoms with Crippen LogP contribution in [0.15, 0.2) is 35.9 Å². The van der Waals surface area contributed by atoms with E-state index in [1.54, 1.807) is 0 Å². The largest absolute Gasteiger partial charge is 0.360 e. The smallest absolute Gasteiger partial charge is 0.271 e. The number of hydrogen-bond donors (Lipinski definition) is 0. The van der Waals surface area contributed by atoms with Crippen molar-refractivity contribution in [3.8, 4) is 0 Å². The minimum Gasteiger partial charge on any atom is -0.360 e. The van der Waals surface area contributed by atoms with Crippen molar-refractivity contribution in [1.29, 1.82) is 0 Å². The molecule has 0 amide bonds. The lowest BCUT2D eigenvalue weighted by molar-refractivity contribution is -0.384. The zero-order chi connectivity index (χ0) is 12.6. The van der Waals surface area contributed by atoms with Gasteiger partial charge in [0.15, 0.2) is 0 Å². The maximum Gasteiger partial charge on any atom is 0.271 e. The summed E-state index contributed by atoms with van der Waals surface area (Å²) in [7, 11) is 0. The molecule has 0 bridgehead atoms. The summed E-state index contributed by atoms with van der Waals surface area (Å²) in [5.74, 6) is 0. The summed E-state index contributed by atoms with van der Waals surface area (Å²) in [5, 5.41) is 10.4. The van der Waals surface area contributed by atoms with E-state index in [1.807, 2.05) is 0 Å². The Morgan fingerprint density at radius 3 is 2.41 bits per heavy atom. The van der Waals surface area contributed by atoms with Crippen molar-refractivity contribution in [2.45, 2.75) is 19.1 Å². The summed E-state index contributed by atoms with van der Waals surface area (Å²) in [6.07, 6.45) is -2.77. The molecule has 0 aliphatic carbocycles. The van der Waals surface area contributed by atoms with E-state index in [2.05, 4.69) is 0 Å². The van der Waals surface area contributed by atoms with Gasteiger partial charge in [-0.3, -0.25) is 10.1 Å². The lowest BCUT2D eigenvalue weighted by atomic mass is 10.1. The molecule has 2 unspecified atom stereocenters. The van der Waals surface area contributed by atoms with E-state index >= 15 is 0 Å². The van der Waals surface area contributed by atoms with Gasteiger partial charge in [0.1, 0.15) is 12.2 Å². The number of epoxide rings is 1. The number of nitrogens with zero attached hydrogens (tertiary/aromatic N) is 1. The second kappa shape index (κ2) is 4.21. The first-order valence-electron chi connectivity index (χ1n) is 4.92. The molecule has 2 rings (SSSR count). The molecule has 1 aromatic carbocycles. The van der Waals surface area contributed by atoms with E-state index in [0.29, 0.717) is 5.56 Å². The fourth-order valence-corrected chi connectivity index (χ4v) is 1.59. The lowest BCUT2D eigenvalue weighted by Crippen LogP contribution is -1.93. The summed E-state index contributed by atoms with van der Waals surface area (Å²) >= 11 is 0. The molecule has 1 saturated heterocycles. The summed E-state index contributed by atoms with van der Waals surface area (Å²) in [6.45, 7) is 1.31. The van der Waals surface area contributed by atoms with Crippen LogP contribution in [-0.2, 0) is 4.74 Å². The predicted octanol–water partition coefficient (Wildman–Crippen LogP) is 3.21. The van der Waals surface area contributed by atoms with Gasteiger partial charge in [0.05, 0.1) is 4.92 Å². The third-order valence-electron chi connectivity index (χ3n) is 2.65. The van der Waals surface area contributed by atoms with Gasteiger partial charge in [-0.1, -0.05) is 0 Å². The quantitative estimate of drug-likeness (QED) is 0.464. The van der Waals surface area contributed by atoms with Crippen LogP contribution in [0.1, 0.15) is 18.6 Å².